The second-order valence-corrected chi connectivity index (χ2v) is 6.74. The lowest BCUT2D eigenvalue weighted by molar-refractivity contribution is 0.595. The second kappa shape index (κ2) is 5.05. The van der Waals surface area contributed by atoms with Crippen LogP contribution >= 0.6 is 0 Å². The van der Waals surface area contributed by atoms with Crippen LogP contribution in [0.3, 0.4) is 0 Å². The molecule has 4 heteroatoms. The Bertz CT molecular complexity index is 689. The number of nitrogens with two attached hydrogens (primary N) is 1. The molecule has 0 bridgehead atoms. The van der Waals surface area contributed by atoms with E-state index in [0.717, 1.165) is 16.7 Å². The van der Waals surface area contributed by atoms with Crippen molar-refractivity contribution in [2.75, 3.05) is 5.73 Å². The fraction of sp³-hybridized carbons (Fsp3) is 0.200. The van der Waals surface area contributed by atoms with E-state index in [1.54, 1.807) is 18.2 Å². The van der Waals surface area contributed by atoms with Gasteiger partial charge in [0.25, 0.3) is 0 Å². The smallest absolute Gasteiger partial charge is 0.184 e. The summed E-state index contributed by atoms with van der Waals surface area (Å²) in [5.74, 6) is -0.0269. The summed E-state index contributed by atoms with van der Waals surface area (Å²) in [4.78, 5) is 0.216. The van der Waals surface area contributed by atoms with Crippen molar-refractivity contribution in [1.82, 2.24) is 0 Å². The van der Waals surface area contributed by atoms with Gasteiger partial charge < -0.3 is 5.73 Å². The highest BCUT2D eigenvalue weighted by Crippen LogP contribution is 2.23. The molecule has 0 amide bonds. The molecule has 0 unspecified atom stereocenters. The zero-order valence-electron chi connectivity index (χ0n) is 11.1. The van der Waals surface area contributed by atoms with Crippen LogP contribution in [-0.2, 0) is 15.6 Å². The van der Waals surface area contributed by atoms with Crippen LogP contribution in [-0.4, -0.2) is 8.42 Å². The number of benzene rings is 2. The number of hydrogen-bond acceptors (Lipinski definition) is 3. The van der Waals surface area contributed by atoms with Crippen LogP contribution in [0.5, 0.6) is 0 Å². The number of hydrogen-bond donors (Lipinski definition) is 1. The summed E-state index contributed by atoms with van der Waals surface area (Å²) >= 11 is 0. The van der Waals surface area contributed by atoms with Crippen LogP contribution in [0, 0.1) is 13.8 Å². The van der Waals surface area contributed by atoms with Gasteiger partial charge in [-0.2, -0.15) is 0 Å². The average molecular weight is 275 g/mol. The van der Waals surface area contributed by atoms with Crippen molar-refractivity contribution in [3.63, 3.8) is 0 Å². The molecule has 2 aromatic rings. The molecule has 0 saturated heterocycles. The summed E-state index contributed by atoms with van der Waals surface area (Å²) in [5, 5.41) is 0. The molecule has 0 aliphatic heterocycles. The molecule has 2 aromatic carbocycles. The van der Waals surface area contributed by atoms with E-state index in [-0.39, 0.29) is 10.6 Å². The molecule has 0 saturated carbocycles. The first-order chi connectivity index (χ1) is 8.88. The van der Waals surface area contributed by atoms with E-state index >= 15 is 0 Å². The number of nitrogen functional groups attached to an aromatic ring is 1. The Labute approximate surface area is 114 Å². The molecule has 0 atom stereocenters. The summed E-state index contributed by atoms with van der Waals surface area (Å²) in [6.45, 7) is 3.82. The van der Waals surface area contributed by atoms with E-state index < -0.39 is 9.84 Å². The molecule has 3 nitrogen and oxygen atoms in total. The first-order valence-corrected chi connectivity index (χ1v) is 7.68. The van der Waals surface area contributed by atoms with Crippen LogP contribution in [0.15, 0.2) is 47.4 Å². The number of sulfone groups is 1. The van der Waals surface area contributed by atoms with Gasteiger partial charge in [-0.1, -0.05) is 35.9 Å². The number of anilines is 1. The van der Waals surface area contributed by atoms with Crippen LogP contribution in [0.1, 0.15) is 16.7 Å². The molecule has 0 aliphatic carbocycles. The molecular weight excluding hydrogens is 258 g/mol. The van der Waals surface area contributed by atoms with Crippen LogP contribution < -0.4 is 5.73 Å². The van der Waals surface area contributed by atoms with Gasteiger partial charge in [-0.3, -0.25) is 0 Å². The minimum Gasteiger partial charge on any atom is -0.398 e. The van der Waals surface area contributed by atoms with Gasteiger partial charge >= 0.3 is 0 Å². The van der Waals surface area contributed by atoms with E-state index in [2.05, 4.69) is 0 Å². The SMILES string of the molecule is Cc1ccc(CS(=O)(=O)c2cc(C)ccc2N)cc1. The van der Waals surface area contributed by atoms with Gasteiger partial charge in [0.05, 0.1) is 16.3 Å². The molecule has 0 heterocycles. The highest BCUT2D eigenvalue weighted by molar-refractivity contribution is 7.90. The normalized spacial score (nSPS) is 11.5. The fourth-order valence-corrected chi connectivity index (χ4v) is 3.47. The second-order valence-electron chi connectivity index (χ2n) is 4.79. The third kappa shape index (κ3) is 3.15. The Balaban J connectivity index is 2.37. The lowest BCUT2D eigenvalue weighted by Gasteiger charge is -2.09. The van der Waals surface area contributed by atoms with E-state index in [9.17, 15) is 8.42 Å². The first kappa shape index (κ1) is 13.6. The van der Waals surface area contributed by atoms with Crippen molar-refractivity contribution in [2.45, 2.75) is 24.5 Å². The Morgan fingerprint density at radius 1 is 0.947 bits per heavy atom. The van der Waals surface area contributed by atoms with Crippen LogP contribution in [0.25, 0.3) is 0 Å². The Morgan fingerprint density at radius 3 is 2.16 bits per heavy atom. The fourth-order valence-electron chi connectivity index (χ4n) is 1.89. The predicted molar refractivity (Wildman–Crippen MR) is 77.7 cm³/mol. The predicted octanol–water partition coefficient (Wildman–Crippen LogP) is 2.86. The Kier molecular flexibility index (Phi) is 3.62. The summed E-state index contributed by atoms with van der Waals surface area (Å²) in [7, 11) is -3.40. The molecule has 19 heavy (non-hydrogen) atoms. The number of rotatable bonds is 3. The minimum absolute atomic E-state index is 0.0269. The minimum atomic E-state index is -3.40. The van der Waals surface area contributed by atoms with Crippen molar-refractivity contribution in [2.24, 2.45) is 0 Å². The van der Waals surface area contributed by atoms with Gasteiger partial charge in [-0.05, 0) is 37.1 Å². The molecule has 100 valence electrons. The largest absolute Gasteiger partial charge is 0.398 e. The van der Waals surface area contributed by atoms with Gasteiger partial charge in [0.2, 0.25) is 0 Å². The van der Waals surface area contributed by atoms with E-state index in [1.807, 2.05) is 38.1 Å². The zero-order valence-corrected chi connectivity index (χ0v) is 11.9. The average Bonchev–Trinajstić information content (AvgIpc) is 2.35. The zero-order chi connectivity index (χ0) is 14.0. The highest BCUT2D eigenvalue weighted by Gasteiger charge is 2.18. The Morgan fingerprint density at radius 2 is 1.53 bits per heavy atom. The molecule has 2 N–H and O–H groups in total. The van der Waals surface area contributed by atoms with Crippen LogP contribution in [0.2, 0.25) is 0 Å². The van der Waals surface area contributed by atoms with Crippen molar-refractivity contribution >= 4 is 15.5 Å². The monoisotopic (exact) mass is 275 g/mol. The van der Waals surface area contributed by atoms with Crippen molar-refractivity contribution in [3.8, 4) is 0 Å². The summed E-state index contributed by atoms with van der Waals surface area (Å²) in [6.07, 6.45) is 0. The third-order valence-electron chi connectivity index (χ3n) is 2.98. The van der Waals surface area contributed by atoms with E-state index in [1.165, 1.54) is 0 Å². The summed E-state index contributed by atoms with van der Waals surface area (Å²) in [5.41, 5.74) is 8.84. The van der Waals surface area contributed by atoms with Gasteiger partial charge in [-0.15, -0.1) is 0 Å². The first-order valence-electron chi connectivity index (χ1n) is 6.03. The molecule has 0 aliphatic rings. The highest BCUT2D eigenvalue weighted by atomic mass is 32.2. The summed E-state index contributed by atoms with van der Waals surface area (Å²) < 4.78 is 24.8. The van der Waals surface area contributed by atoms with Gasteiger partial charge in [0.15, 0.2) is 9.84 Å². The quantitative estimate of drug-likeness (QED) is 0.876. The van der Waals surface area contributed by atoms with Crippen molar-refractivity contribution < 1.29 is 8.42 Å². The maximum Gasteiger partial charge on any atom is 0.184 e. The topological polar surface area (TPSA) is 60.2 Å². The standard InChI is InChI=1S/C15H17NO2S/c1-11-3-6-13(7-4-11)10-19(17,18)15-9-12(2)5-8-14(15)16/h3-9H,10,16H2,1-2H3. The molecule has 0 radical (unpaired) electrons. The van der Waals surface area contributed by atoms with Gasteiger partial charge in [0.1, 0.15) is 0 Å². The molecule has 0 fully saturated rings. The number of aryl methyl sites for hydroxylation is 2. The van der Waals surface area contributed by atoms with E-state index in [0.29, 0.717) is 5.69 Å². The Hall–Kier alpha value is -1.81. The van der Waals surface area contributed by atoms with Crippen molar-refractivity contribution in [3.05, 3.63) is 59.2 Å². The van der Waals surface area contributed by atoms with Crippen molar-refractivity contribution in [1.29, 1.82) is 0 Å². The molecule has 0 aromatic heterocycles. The lowest BCUT2D eigenvalue weighted by atomic mass is 10.2. The third-order valence-corrected chi connectivity index (χ3v) is 4.72. The maximum absolute atomic E-state index is 12.4. The summed E-state index contributed by atoms with van der Waals surface area (Å²) in [6, 6.07) is 12.5. The lowest BCUT2D eigenvalue weighted by Crippen LogP contribution is -2.08. The van der Waals surface area contributed by atoms with Gasteiger partial charge in [-0.25, -0.2) is 8.42 Å². The van der Waals surface area contributed by atoms with E-state index in [4.69, 9.17) is 5.73 Å². The maximum atomic E-state index is 12.4. The molecule has 2 rings (SSSR count). The van der Waals surface area contributed by atoms with Gasteiger partial charge in [0, 0.05) is 0 Å². The molecule has 0 spiro atoms. The van der Waals surface area contributed by atoms with Crippen LogP contribution in [0.4, 0.5) is 5.69 Å². The molecular formula is C15H17NO2S.